The van der Waals surface area contributed by atoms with Crippen molar-refractivity contribution in [2.24, 2.45) is 5.16 Å². The Labute approximate surface area is 135 Å². The zero-order valence-corrected chi connectivity index (χ0v) is 13.5. The van der Waals surface area contributed by atoms with E-state index in [1.54, 1.807) is 18.2 Å². The van der Waals surface area contributed by atoms with Gasteiger partial charge in [-0.3, -0.25) is 0 Å². The van der Waals surface area contributed by atoms with Gasteiger partial charge in [-0.2, -0.15) is 5.16 Å². The Morgan fingerprint density at radius 2 is 1.91 bits per heavy atom. The minimum absolute atomic E-state index is 0.439. The largest absolute Gasteiger partial charge is 0.544 e. The topological polar surface area (TPSA) is 87.8 Å². The number of carbonyl (C=O) groups excluding carboxylic acids is 1. The Kier molecular flexibility index (Phi) is 6.14. The zero-order valence-electron chi connectivity index (χ0n) is 13.5. The number of oxime groups is 1. The molecule has 1 aliphatic heterocycles. The zero-order chi connectivity index (χ0) is 16.7. The number of allylic oxidation sites excluding steroid dienone is 2. The summed E-state index contributed by atoms with van der Waals surface area (Å²) in [5, 5.41) is 19.3. The SMILES string of the molecule is CCCCC1=NOC(=O)/C1=C\C=C\c1c(CCCC)noc1[O-]. The van der Waals surface area contributed by atoms with Crippen molar-refractivity contribution < 1.29 is 19.3 Å². The second-order valence-corrected chi connectivity index (χ2v) is 5.39. The van der Waals surface area contributed by atoms with Crippen LogP contribution in [0.1, 0.15) is 57.2 Å². The molecule has 0 amide bonds. The first kappa shape index (κ1) is 17.0. The van der Waals surface area contributed by atoms with Gasteiger partial charge in [0.05, 0.1) is 22.9 Å². The van der Waals surface area contributed by atoms with Crippen LogP contribution < -0.4 is 5.11 Å². The molecule has 1 aromatic rings. The van der Waals surface area contributed by atoms with Gasteiger partial charge in [-0.15, -0.1) is 0 Å². The maximum absolute atomic E-state index is 11.7. The molecule has 2 heterocycles. The van der Waals surface area contributed by atoms with Crippen LogP contribution in [0.5, 0.6) is 5.95 Å². The quantitative estimate of drug-likeness (QED) is 0.543. The summed E-state index contributed by atoms with van der Waals surface area (Å²) in [4.78, 5) is 16.4. The average Bonchev–Trinajstić information content (AvgIpc) is 3.07. The van der Waals surface area contributed by atoms with Gasteiger partial charge in [0, 0.05) is 5.56 Å². The van der Waals surface area contributed by atoms with E-state index in [0.29, 0.717) is 35.4 Å². The van der Waals surface area contributed by atoms with Crippen molar-refractivity contribution in [2.75, 3.05) is 0 Å². The standard InChI is InChI=1S/C17H22N2O4/c1-3-5-10-14-12(16(20)22-18-14)8-7-9-13-15(11-6-4-2)19-23-17(13)21/h7-9,20H,3-6,10-11H2,1-2H3/p-1/b8-7+,13-9-. The molecule has 0 radical (unpaired) electrons. The molecule has 23 heavy (non-hydrogen) atoms. The monoisotopic (exact) mass is 317 g/mol. The molecule has 0 spiro atoms. The van der Waals surface area contributed by atoms with Crippen LogP contribution in [-0.2, 0) is 16.1 Å². The van der Waals surface area contributed by atoms with Crippen molar-refractivity contribution in [1.82, 2.24) is 5.16 Å². The van der Waals surface area contributed by atoms with E-state index in [4.69, 9.17) is 9.36 Å². The number of unbranched alkanes of at least 4 members (excludes halogenated alkanes) is 2. The number of rotatable bonds is 8. The van der Waals surface area contributed by atoms with E-state index in [1.807, 2.05) is 0 Å². The average molecular weight is 317 g/mol. The first-order valence-electron chi connectivity index (χ1n) is 7.99. The van der Waals surface area contributed by atoms with E-state index in [2.05, 4.69) is 24.2 Å². The maximum Gasteiger partial charge on any atom is 0.367 e. The van der Waals surface area contributed by atoms with Crippen LogP contribution in [-0.4, -0.2) is 16.8 Å². The Morgan fingerprint density at radius 1 is 1.17 bits per heavy atom. The highest BCUT2D eigenvalue weighted by molar-refractivity contribution is 6.22. The van der Waals surface area contributed by atoms with Gasteiger partial charge in [0.2, 0.25) is 0 Å². The lowest BCUT2D eigenvalue weighted by Crippen LogP contribution is -2.05. The third kappa shape index (κ3) is 4.31. The van der Waals surface area contributed by atoms with Gasteiger partial charge in [0.1, 0.15) is 0 Å². The van der Waals surface area contributed by atoms with E-state index in [9.17, 15) is 9.90 Å². The fraction of sp³-hybridized carbons (Fsp3) is 0.471. The molecule has 6 heteroatoms. The molecular weight excluding hydrogens is 296 g/mol. The van der Waals surface area contributed by atoms with Crippen LogP contribution in [0.2, 0.25) is 0 Å². The molecule has 0 aromatic carbocycles. The second-order valence-electron chi connectivity index (χ2n) is 5.39. The predicted molar refractivity (Wildman–Crippen MR) is 84.7 cm³/mol. The highest BCUT2D eigenvalue weighted by Crippen LogP contribution is 2.22. The maximum atomic E-state index is 11.7. The molecular formula is C17H21N2O4-. The lowest BCUT2D eigenvalue weighted by atomic mass is 10.0. The molecule has 6 nitrogen and oxygen atoms in total. The van der Waals surface area contributed by atoms with Gasteiger partial charge < -0.3 is 14.5 Å². The number of hydrogen-bond acceptors (Lipinski definition) is 6. The summed E-state index contributed by atoms with van der Waals surface area (Å²) in [5.41, 5.74) is 2.18. The normalized spacial score (nSPS) is 16.3. The Balaban J connectivity index is 2.12. The van der Waals surface area contributed by atoms with Gasteiger partial charge in [0.25, 0.3) is 0 Å². The van der Waals surface area contributed by atoms with Crippen LogP contribution in [0.4, 0.5) is 0 Å². The summed E-state index contributed by atoms with van der Waals surface area (Å²) in [6.07, 6.45) is 10.2. The number of nitrogens with zero attached hydrogens (tertiary/aromatic N) is 2. The number of carbonyl (C=O) groups is 1. The Bertz CT molecular complexity index is 641. The lowest BCUT2D eigenvalue weighted by molar-refractivity contribution is -0.297. The fourth-order valence-corrected chi connectivity index (χ4v) is 2.24. The molecule has 0 saturated heterocycles. The third-order valence-corrected chi connectivity index (χ3v) is 3.60. The Hall–Kier alpha value is -2.37. The minimum atomic E-state index is -0.459. The van der Waals surface area contributed by atoms with Crippen molar-refractivity contribution in [3.05, 3.63) is 29.0 Å². The van der Waals surface area contributed by atoms with Crippen LogP contribution in [0.15, 0.2) is 27.4 Å². The molecule has 2 rings (SSSR count). The van der Waals surface area contributed by atoms with E-state index >= 15 is 0 Å². The molecule has 1 aromatic heterocycles. The summed E-state index contributed by atoms with van der Waals surface area (Å²) < 4.78 is 4.72. The van der Waals surface area contributed by atoms with Crippen molar-refractivity contribution in [2.45, 2.75) is 52.4 Å². The van der Waals surface area contributed by atoms with Gasteiger partial charge in [-0.25, -0.2) is 4.79 Å². The van der Waals surface area contributed by atoms with Gasteiger partial charge in [-0.1, -0.05) is 44.0 Å². The Morgan fingerprint density at radius 3 is 2.65 bits per heavy atom. The summed E-state index contributed by atoms with van der Waals surface area (Å²) in [7, 11) is 0. The van der Waals surface area contributed by atoms with Crippen LogP contribution in [0.25, 0.3) is 6.08 Å². The summed E-state index contributed by atoms with van der Waals surface area (Å²) in [6.45, 7) is 4.14. The summed E-state index contributed by atoms with van der Waals surface area (Å²) in [5.74, 6) is -0.917. The van der Waals surface area contributed by atoms with Crippen molar-refractivity contribution >= 4 is 17.8 Å². The number of aryl methyl sites for hydroxylation is 1. The second kappa shape index (κ2) is 8.31. The highest BCUT2D eigenvalue weighted by Gasteiger charge is 2.23. The summed E-state index contributed by atoms with van der Waals surface area (Å²) in [6, 6.07) is 0. The van der Waals surface area contributed by atoms with E-state index in [-0.39, 0.29) is 0 Å². The molecule has 0 unspecified atom stereocenters. The van der Waals surface area contributed by atoms with Gasteiger partial charge >= 0.3 is 5.97 Å². The van der Waals surface area contributed by atoms with Gasteiger partial charge in [-0.05, 0) is 31.8 Å². The van der Waals surface area contributed by atoms with Crippen molar-refractivity contribution in [1.29, 1.82) is 0 Å². The first-order chi connectivity index (χ1) is 11.2. The summed E-state index contributed by atoms with van der Waals surface area (Å²) >= 11 is 0. The van der Waals surface area contributed by atoms with Crippen molar-refractivity contribution in [3.8, 4) is 5.95 Å². The van der Waals surface area contributed by atoms with Crippen LogP contribution >= 0.6 is 0 Å². The van der Waals surface area contributed by atoms with Crippen LogP contribution in [0.3, 0.4) is 0 Å². The fourth-order valence-electron chi connectivity index (χ4n) is 2.24. The molecule has 0 bridgehead atoms. The minimum Gasteiger partial charge on any atom is -0.544 e. The molecule has 1 aliphatic rings. The number of aromatic nitrogens is 1. The molecule has 0 fully saturated rings. The highest BCUT2D eigenvalue weighted by atomic mass is 16.7. The van der Waals surface area contributed by atoms with E-state index in [1.165, 1.54) is 0 Å². The molecule has 0 N–H and O–H groups in total. The molecule has 0 atom stereocenters. The molecule has 0 saturated carbocycles. The molecule has 124 valence electrons. The smallest absolute Gasteiger partial charge is 0.367 e. The van der Waals surface area contributed by atoms with Crippen molar-refractivity contribution in [3.63, 3.8) is 0 Å². The first-order valence-corrected chi connectivity index (χ1v) is 7.99. The van der Waals surface area contributed by atoms with Gasteiger partial charge in [0.15, 0.2) is 0 Å². The van der Waals surface area contributed by atoms with Crippen LogP contribution in [0, 0.1) is 0 Å². The predicted octanol–water partition coefficient (Wildman–Crippen LogP) is 3.13. The number of hydrogen-bond donors (Lipinski definition) is 0. The third-order valence-electron chi connectivity index (χ3n) is 3.60. The van der Waals surface area contributed by atoms with E-state index in [0.717, 1.165) is 25.7 Å². The molecule has 0 aliphatic carbocycles. The lowest BCUT2D eigenvalue weighted by Gasteiger charge is -1.99. The van der Waals surface area contributed by atoms with E-state index < -0.39 is 11.9 Å².